The normalized spacial score (nSPS) is 19.0. The average Bonchev–Trinajstić information content (AvgIpc) is 3.05. The predicted octanol–water partition coefficient (Wildman–Crippen LogP) is 5.72. The van der Waals surface area contributed by atoms with Gasteiger partial charge in [-0.25, -0.2) is 0 Å². The van der Waals surface area contributed by atoms with Gasteiger partial charge in [0.1, 0.15) is 12.4 Å². The number of benzene rings is 2. The van der Waals surface area contributed by atoms with E-state index in [-0.39, 0.29) is 23.8 Å². The lowest BCUT2D eigenvalue weighted by atomic mass is 9.84. The summed E-state index contributed by atoms with van der Waals surface area (Å²) < 4.78 is 43.6. The maximum absolute atomic E-state index is 12.6. The summed E-state index contributed by atoms with van der Waals surface area (Å²) in [6, 6.07) is 10.2. The number of nitrogens with one attached hydrogen (secondary N) is 2. The Bertz CT molecular complexity index is 1020. The van der Waals surface area contributed by atoms with E-state index in [1.165, 1.54) is 12.1 Å². The SMILES string of the molecule is O=C(Nc1c[nH]c2ccc(OCc3ccc(C(F)(F)F)cc3)cc12)C1CC(Cl)C1. The van der Waals surface area contributed by atoms with E-state index in [9.17, 15) is 18.0 Å². The van der Waals surface area contributed by atoms with Crippen LogP contribution in [-0.2, 0) is 17.6 Å². The van der Waals surface area contributed by atoms with E-state index >= 15 is 0 Å². The first-order valence-corrected chi connectivity index (χ1v) is 9.58. The molecule has 2 aromatic carbocycles. The van der Waals surface area contributed by atoms with Crippen molar-refractivity contribution in [1.29, 1.82) is 0 Å². The van der Waals surface area contributed by atoms with Crippen LogP contribution in [0.15, 0.2) is 48.7 Å². The van der Waals surface area contributed by atoms with Gasteiger partial charge in [-0.05, 0) is 48.7 Å². The molecule has 29 heavy (non-hydrogen) atoms. The van der Waals surface area contributed by atoms with Crippen LogP contribution < -0.4 is 10.1 Å². The zero-order valence-electron chi connectivity index (χ0n) is 15.2. The number of carbonyl (C=O) groups excluding carboxylic acids is 1. The zero-order chi connectivity index (χ0) is 20.6. The second-order valence-corrected chi connectivity index (χ2v) is 7.77. The lowest BCUT2D eigenvalue weighted by molar-refractivity contribution is -0.137. The molecule has 1 amide bonds. The van der Waals surface area contributed by atoms with Gasteiger partial charge >= 0.3 is 6.18 Å². The second kappa shape index (κ2) is 7.63. The van der Waals surface area contributed by atoms with Crippen LogP contribution in [-0.4, -0.2) is 16.3 Å². The smallest absolute Gasteiger partial charge is 0.416 e. The first kappa shape index (κ1) is 19.6. The Labute approximate surface area is 170 Å². The van der Waals surface area contributed by atoms with Gasteiger partial charge in [-0.15, -0.1) is 11.6 Å². The number of hydrogen-bond donors (Lipinski definition) is 2. The quantitative estimate of drug-likeness (QED) is 0.516. The molecule has 1 aliphatic carbocycles. The molecule has 3 aromatic rings. The van der Waals surface area contributed by atoms with Crippen LogP contribution in [0.4, 0.5) is 18.9 Å². The molecule has 0 atom stereocenters. The van der Waals surface area contributed by atoms with Crippen LogP contribution in [0.1, 0.15) is 24.0 Å². The number of amides is 1. The maximum Gasteiger partial charge on any atom is 0.416 e. The molecule has 1 aliphatic rings. The highest BCUT2D eigenvalue weighted by Crippen LogP contribution is 2.34. The Morgan fingerprint density at radius 3 is 2.55 bits per heavy atom. The van der Waals surface area contributed by atoms with E-state index in [0.29, 0.717) is 29.8 Å². The molecule has 0 radical (unpaired) electrons. The number of alkyl halides is 4. The topological polar surface area (TPSA) is 54.1 Å². The number of rotatable bonds is 5. The molecule has 0 unspecified atom stereocenters. The first-order chi connectivity index (χ1) is 13.8. The monoisotopic (exact) mass is 422 g/mol. The minimum Gasteiger partial charge on any atom is -0.489 e. The molecular weight excluding hydrogens is 405 g/mol. The van der Waals surface area contributed by atoms with Crippen molar-refractivity contribution in [2.75, 3.05) is 5.32 Å². The standard InChI is InChI=1S/C21H18ClF3N2O2/c22-15-7-13(8-15)20(28)27-19-10-26-18-6-5-16(9-17(18)19)29-11-12-1-3-14(4-2-12)21(23,24)25/h1-6,9-10,13,15,26H,7-8,11H2,(H,27,28). The molecule has 0 bridgehead atoms. The summed E-state index contributed by atoms with van der Waals surface area (Å²) in [6.45, 7) is 0.134. The van der Waals surface area contributed by atoms with E-state index in [1.807, 2.05) is 6.07 Å². The van der Waals surface area contributed by atoms with Gasteiger partial charge in [-0.1, -0.05) is 12.1 Å². The molecule has 0 spiro atoms. The van der Waals surface area contributed by atoms with Crippen molar-refractivity contribution in [3.63, 3.8) is 0 Å². The Hall–Kier alpha value is -2.67. The van der Waals surface area contributed by atoms with Crippen molar-refractivity contribution in [3.8, 4) is 5.75 Å². The molecule has 4 nitrogen and oxygen atoms in total. The van der Waals surface area contributed by atoms with Crippen molar-refractivity contribution in [2.24, 2.45) is 5.92 Å². The first-order valence-electron chi connectivity index (χ1n) is 9.14. The summed E-state index contributed by atoms with van der Waals surface area (Å²) in [5.41, 5.74) is 1.43. The summed E-state index contributed by atoms with van der Waals surface area (Å²) in [5, 5.41) is 3.78. The zero-order valence-corrected chi connectivity index (χ0v) is 16.0. The summed E-state index contributed by atoms with van der Waals surface area (Å²) in [7, 11) is 0. The average molecular weight is 423 g/mol. The fourth-order valence-electron chi connectivity index (χ4n) is 3.25. The summed E-state index contributed by atoms with van der Waals surface area (Å²) in [6.07, 6.45) is -1.28. The van der Waals surface area contributed by atoms with Gasteiger partial charge in [-0.3, -0.25) is 4.79 Å². The number of fused-ring (bicyclic) bond motifs is 1. The summed E-state index contributed by atoms with van der Waals surface area (Å²) >= 11 is 5.94. The van der Waals surface area contributed by atoms with E-state index in [4.69, 9.17) is 16.3 Å². The van der Waals surface area contributed by atoms with Crippen LogP contribution in [0.2, 0.25) is 0 Å². The molecule has 1 heterocycles. The van der Waals surface area contributed by atoms with Gasteiger partial charge < -0.3 is 15.0 Å². The lowest BCUT2D eigenvalue weighted by Crippen LogP contribution is -2.34. The molecule has 0 saturated heterocycles. The molecule has 152 valence electrons. The van der Waals surface area contributed by atoms with Crippen LogP contribution in [0, 0.1) is 5.92 Å². The van der Waals surface area contributed by atoms with Crippen LogP contribution in [0.3, 0.4) is 0 Å². The molecule has 1 saturated carbocycles. The molecule has 1 fully saturated rings. The number of carbonyl (C=O) groups is 1. The van der Waals surface area contributed by atoms with Gasteiger partial charge in [0.05, 0.1) is 11.3 Å². The molecule has 4 rings (SSSR count). The maximum atomic E-state index is 12.6. The minimum absolute atomic E-state index is 0.0566. The Balaban J connectivity index is 1.44. The number of ether oxygens (including phenoxy) is 1. The van der Waals surface area contributed by atoms with Crippen LogP contribution in [0.25, 0.3) is 10.9 Å². The Morgan fingerprint density at radius 2 is 1.90 bits per heavy atom. The molecule has 2 N–H and O–H groups in total. The third-order valence-electron chi connectivity index (χ3n) is 5.05. The number of aromatic nitrogens is 1. The minimum atomic E-state index is -4.36. The highest BCUT2D eigenvalue weighted by Gasteiger charge is 2.33. The van der Waals surface area contributed by atoms with Crippen molar-refractivity contribution in [2.45, 2.75) is 31.0 Å². The van der Waals surface area contributed by atoms with Gasteiger partial charge in [0, 0.05) is 28.4 Å². The number of halogens is 4. The third-order valence-corrected chi connectivity index (χ3v) is 5.41. The third kappa shape index (κ3) is 4.34. The van der Waals surface area contributed by atoms with Crippen molar-refractivity contribution < 1.29 is 22.7 Å². The van der Waals surface area contributed by atoms with Gasteiger partial charge in [-0.2, -0.15) is 13.2 Å². The van der Waals surface area contributed by atoms with Crippen molar-refractivity contribution >= 4 is 34.1 Å². The predicted molar refractivity (Wildman–Crippen MR) is 105 cm³/mol. The number of aromatic amines is 1. The van der Waals surface area contributed by atoms with Gasteiger partial charge in [0.15, 0.2) is 0 Å². The number of anilines is 1. The van der Waals surface area contributed by atoms with Gasteiger partial charge in [0.2, 0.25) is 5.91 Å². The highest BCUT2D eigenvalue weighted by molar-refractivity contribution is 6.21. The number of hydrogen-bond acceptors (Lipinski definition) is 2. The fraction of sp³-hybridized carbons (Fsp3) is 0.286. The van der Waals surface area contributed by atoms with Crippen LogP contribution >= 0.6 is 11.6 Å². The molecule has 0 aliphatic heterocycles. The van der Waals surface area contributed by atoms with Crippen molar-refractivity contribution in [3.05, 3.63) is 59.8 Å². The van der Waals surface area contributed by atoms with E-state index in [1.54, 1.807) is 18.3 Å². The molecular formula is C21H18ClF3N2O2. The fourth-order valence-corrected chi connectivity index (χ4v) is 3.68. The molecule has 8 heteroatoms. The Morgan fingerprint density at radius 1 is 1.17 bits per heavy atom. The van der Waals surface area contributed by atoms with Crippen LogP contribution in [0.5, 0.6) is 5.75 Å². The molecule has 1 aromatic heterocycles. The largest absolute Gasteiger partial charge is 0.489 e. The highest BCUT2D eigenvalue weighted by atomic mass is 35.5. The number of H-pyrrole nitrogens is 1. The van der Waals surface area contributed by atoms with E-state index < -0.39 is 11.7 Å². The van der Waals surface area contributed by atoms with Crippen molar-refractivity contribution in [1.82, 2.24) is 4.98 Å². The lowest BCUT2D eigenvalue weighted by Gasteiger charge is -2.29. The van der Waals surface area contributed by atoms with E-state index in [2.05, 4.69) is 10.3 Å². The summed E-state index contributed by atoms with van der Waals surface area (Å²) in [4.78, 5) is 15.4. The second-order valence-electron chi connectivity index (χ2n) is 7.15. The van der Waals surface area contributed by atoms with Gasteiger partial charge in [0.25, 0.3) is 0 Å². The van der Waals surface area contributed by atoms with E-state index in [0.717, 1.165) is 23.0 Å². The Kier molecular flexibility index (Phi) is 5.17. The summed E-state index contributed by atoms with van der Waals surface area (Å²) in [5.74, 6) is 0.428.